The minimum Gasteiger partial charge on any atom is -0.496 e. The summed E-state index contributed by atoms with van der Waals surface area (Å²) in [6, 6.07) is 2.11. The van der Waals surface area contributed by atoms with E-state index in [1.165, 1.54) is 16.7 Å². The molecule has 0 aliphatic carbocycles. The fraction of sp³-hybridized carbons (Fsp3) is 0.600. The minimum atomic E-state index is 0. The van der Waals surface area contributed by atoms with Crippen LogP contribution in [0.25, 0.3) is 0 Å². The van der Waals surface area contributed by atoms with Crippen LogP contribution in [0.3, 0.4) is 0 Å². The summed E-state index contributed by atoms with van der Waals surface area (Å²) in [6.45, 7) is 5.89. The zero-order chi connectivity index (χ0) is 13.1. The van der Waals surface area contributed by atoms with Crippen LogP contribution in [0.4, 0.5) is 0 Å². The van der Waals surface area contributed by atoms with Crippen molar-refractivity contribution in [3.8, 4) is 11.5 Å². The number of halogens is 1. The summed E-state index contributed by atoms with van der Waals surface area (Å²) in [6.07, 6.45) is 2.88. The van der Waals surface area contributed by atoms with Crippen molar-refractivity contribution in [3.05, 3.63) is 22.8 Å². The molecule has 1 aliphatic heterocycles. The lowest BCUT2D eigenvalue weighted by Crippen LogP contribution is -2.07. The quantitative estimate of drug-likeness (QED) is 0.905. The van der Waals surface area contributed by atoms with Gasteiger partial charge in [0.05, 0.1) is 13.7 Å². The average Bonchev–Trinajstić information content (AvgIpc) is 2.81. The number of ether oxygens (including phenoxy) is 2. The van der Waals surface area contributed by atoms with E-state index in [4.69, 9.17) is 15.2 Å². The molecule has 0 unspecified atom stereocenters. The highest BCUT2D eigenvalue weighted by molar-refractivity contribution is 5.85. The first-order chi connectivity index (χ1) is 8.67. The van der Waals surface area contributed by atoms with Gasteiger partial charge in [0.2, 0.25) is 0 Å². The zero-order valence-corrected chi connectivity index (χ0v) is 12.8. The van der Waals surface area contributed by atoms with Crippen molar-refractivity contribution in [3.63, 3.8) is 0 Å². The number of benzene rings is 1. The lowest BCUT2D eigenvalue weighted by atomic mass is 9.92. The number of methoxy groups -OCH3 is 1. The monoisotopic (exact) mass is 285 g/mol. The van der Waals surface area contributed by atoms with Crippen LogP contribution in [-0.2, 0) is 19.3 Å². The first-order valence-electron chi connectivity index (χ1n) is 6.71. The second kappa shape index (κ2) is 7.01. The summed E-state index contributed by atoms with van der Waals surface area (Å²) in [5, 5.41) is 0. The van der Waals surface area contributed by atoms with Gasteiger partial charge in [0.25, 0.3) is 0 Å². The number of nitrogens with two attached hydrogens (primary N) is 1. The Kier molecular flexibility index (Phi) is 5.95. The maximum Gasteiger partial charge on any atom is 0.126 e. The molecule has 0 atom stereocenters. The fourth-order valence-electron chi connectivity index (χ4n) is 2.65. The van der Waals surface area contributed by atoms with Crippen molar-refractivity contribution in [2.24, 2.45) is 11.7 Å². The number of hydrogen-bond acceptors (Lipinski definition) is 3. The van der Waals surface area contributed by atoms with Gasteiger partial charge in [-0.2, -0.15) is 0 Å². The molecule has 1 aliphatic rings. The topological polar surface area (TPSA) is 44.5 Å². The third-order valence-electron chi connectivity index (χ3n) is 3.38. The predicted molar refractivity (Wildman–Crippen MR) is 80.7 cm³/mol. The van der Waals surface area contributed by atoms with Crippen LogP contribution in [-0.4, -0.2) is 20.3 Å². The highest BCUT2D eigenvalue weighted by Crippen LogP contribution is 2.39. The molecule has 0 aromatic heterocycles. The van der Waals surface area contributed by atoms with E-state index in [-0.39, 0.29) is 12.4 Å². The molecule has 0 bridgehead atoms. The second-order valence-corrected chi connectivity index (χ2v) is 5.26. The number of fused-ring (bicyclic) bond motifs is 1. The highest BCUT2D eigenvalue weighted by Gasteiger charge is 2.23. The maximum absolute atomic E-state index is 5.79. The molecule has 0 spiro atoms. The van der Waals surface area contributed by atoms with Crippen molar-refractivity contribution in [1.29, 1.82) is 0 Å². The normalized spacial score (nSPS) is 12.9. The molecule has 108 valence electrons. The summed E-state index contributed by atoms with van der Waals surface area (Å²) in [4.78, 5) is 0. The summed E-state index contributed by atoms with van der Waals surface area (Å²) < 4.78 is 11.4. The maximum atomic E-state index is 5.79. The van der Waals surface area contributed by atoms with E-state index in [0.717, 1.165) is 37.4 Å². The van der Waals surface area contributed by atoms with Crippen molar-refractivity contribution in [1.82, 2.24) is 0 Å². The molecule has 3 nitrogen and oxygen atoms in total. The zero-order valence-electron chi connectivity index (χ0n) is 12.0. The molecule has 2 N–H and O–H groups in total. The van der Waals surface area contributed by atoms with E-state index in [1.54, 1.807) is 7.11 Å². The van der Waals surface area contributed by atoms with E-state index >= 15 is 0 Å². The minimum absolute atomic E-state index is 0. The van der Waals surface area contributed by atoms with Crippen molar-refractivity contribution in [2.45, 2.75) is 33.1 Å². The van der Waals surface area contributed by atoms with Crippen LogP contribution in [0, 0.1) is 5.92 Å². The van der Waals surface area contributed by atoms with Gasteiger partial charge in [-0.05, 0) is 36.9 Å². The number of rotatable bonds is 5. The summed E-state index contributed by atoms with van der Waals surface area (Å²) >= 11 is 0. The number of hydrogen-bond donors (Lipinski definition) is 1. The van der Waals surface area contributed by atoms with E-state index in [0.29, 0.717) is 12.5 Å². The Bertz CT molecular complexity index is 433. The third kappa shape index (κ3) is 3.34. The molecule has 0 saturated heterocycles. The molecule has 0 saturated carbocycles. The Balaban J connectivity index is 0.00000180. The van der Waals surface area contributed by atoms with Crippen LogP contribution in [0.1, 0.15) is 30.5 Å². The first kappa shape index (κ1) is 16.1. The molecule has 1 heterocycles. The van der Waals surface area contributed by atoms with Crippen LogP contribution < -0.4 is 15.2 Å². The van der Waals surface area contributed by atoms with Crippen LogP contribution in [0.2, 0.25) is 0 Å². The van der Waals surface area contributed by atoms with Crippen molar-refractivity contribution in [2.75, 3.05) is 20.3 Å². The van der Waals surface area contributed by atoms with Gasteiger partial charge >= 0.3 is 0 Å². The van der Waals surface area contributed by atoms with Gasteiger partial charge in [-0.3, -0.25) is 0 Å². The molecule has 0 radical (unpaired) electrons. The van der Waals surface area contributed by atoms with Gasteiger partial charge in [0.15, 0.2) is 0 Å². The smallest absolute Gasteiger partial charge is 0.126 e. The molecule has 0 fully saturated rings. The Morgan fingerprint density at radius 1 is 1.42 bits per heavy atom. The van der Waals surface area contributed by atoms with E-state index in [9.17, 15) is 0 Å². The van der Waals surface area contributed by atoms with Crippen LogP contribution >= 0.6 is 12.4 Å². The SMILES string of the molecule is COc1cc(CCN)c2c(c1CC(C)C)CCO2.Cl. The van der Waals surface area contributed by atoms with Gasteiger partial charge in [0.1, 0.15) is 11.5 Å². The molecule has 2 rings (SSSR count). The molecular formula is C15H24ClNO2. The lowest BCUT2D eigenvalue weighted by Gasteiger charge is -2.17. The van der Waals surface area contributed by atoms with E-state index in [1.807, 2.05) is 0 Å². The summed E-state index contributed by atoms with van der Waals surface area (Å²) in [5.41, 5.74) is 9.52. The van der Waals surface area contributed by atoms with Gasteiger partial charge < -0.3 is 15.2 Å². The van der Waals surface area contributed by atoms with Gasteiger partial charge in [-0.15, -0.1) is 12.4 Å². The fourth-order valence-corrected chi connectivity index (χ4v) is 2.65. The standard InChI is InChI=1S/C15H23NO2.ClH/c1-10(2)8-13-12-5-7-18-15(12)11(4-6-16)9-14(13)17-3;/h9-10H,4-8,16H2,1-3H3;1H. The Morgan fingerprint density at radius 2 is 2.16 bits per heavy atom. The largest absolute Gasteiger partial charge is 0.496 e. The second-order valence-electron chi connectivity index (χ2n) is 5.26. The molecule has 0 amide bonds. The van der Waals surface area contributed by atoms with Gasteiger partial charge in [0, 0.05) is 17.5 Å². The van der Waals surface area contributed by atoms with Gasteiger partial charge in [-0.1, -0.05) is 13.8 Å². The molecule has 19 heavy (non-hydrogen) atoms. The Labute approximate surface area is 121 Å². The van der Waals surface area contributed by atoms with Crippen LogP contribution in [0.5, 0.6) is 11.5 Å². The lowest BCUT2D eigenvalue weighted by molar-refractivity contribution is 0.352. The van der Waals surface area contributed by atoms with Crippen molar-refractivity contribution >= 4 is 12.4 Å². The molecule has 4 heteroatoms. The third-order valence-corrected chi connectivity index (χ3v) is 3.38. The predicted octanol–water partition coefficient (Wildman–Crippen LogP) is 2.75. The van der Waals surface area contributed by atoms with E-state index in [2.05, 4.69) is 19.9 Å². The molecule has 1 aromatic carbocycles. The molecule has 1 aromatic rings. The van der Waals surface area contributed by atoms with Crippen molar-refractivity contribution < 1.29 is 9.47 Å². The van der Waals surface area contributed by atoms with Gasteiger partial charge in [-0.25, -0.2) is 0 Å². The molecular weight excluding hydrogens is 262 g/mol. The average molecular weight is 286 g/mol. The first-order valence-corrected chi connectivity index (χ1v) is 6.71. The summed E-state index contributed by atoms with van der Waals surface area (Å²) in [7, 11) is 1.74. The van der Waals surface area contributed by atoms with E-state index < -0.39 is 0 Å². The highest BCUT2D eigenvalue weighted by atomic mass is 35.5. The Hall–Kier alpha value is -0.930. The summed E-state index contributed by atoms with van der Waals surface area (Å²) in [5.74, 6) is 2.68. The van der Waals surface area contributed by atoms with Crippen LogP contribution in [0.15, 0.2) is 6.07 Å². The Morgan fingerprint density at radius 3 is 2.74 bits per heavy atom.